The lowest BCUT2D eigenvalue weighted by Gasteiger charge is -2.26. The monoisotopic (exact) mass is 194 g/mol. The Labute approximate surface area is 82.3 Å². The fourth-order valence-corrected chi connectivity index (χ4v) is 3.14. The molecule has 1 aliphatic heterocycles. The van der Waals surface area contributed by atoms with E-state index in [2.05, 4.69) is 10.3 Å². The summed E-state index contributed by atoms with van der Waals surface area (Å²) in [6.45, 7) is 2.38. The molecule has 0 radical (unpaired) electrons. The van der Waals surface area contributed by atoms with Crippen molar-refractivity contribution in [1.29, 1.82) is 0 Å². The predicted octanol–water partition coefficient (Wildman–Crippen LogP) is 1.85. The zero-order chi connectivity index (χ0) is 8.84. The van der Waals surface area contributed by atoms with Gasteiger partial charge in [0.25, 0.3) is 0 Å². The topological polar surface area (TPSA) is 29.3 Å². The molecule has 2 nitrogen and oxygen atoms in total. The molecule has 1 aromatic rings. The lowest BCUT2D eigenvalue weighted by Crippen LogP contribution is -2.31. The molecular weight excluding hydrogens is 180 g/mol. The van der Waals surface area contributed by atoms with Gasteiger partial charge in [-0.15, -0.1) is 11.3 Å². The predicted molar refractivity (Wildman–Crippen MR) is 55.9 cm³/mol. The van der Waals surface area contributed by atoms with Crippen LogP contribution < -0.4 is 5.73 Å². The van der Waals surface area contributed by atoms with Crippen molar-refractivity contribution in [2.24, 2.45) is 0 Å². The van der Waals surface area contributed by atoms with Crippen LogP contribution in [0.15, 0.2) is 5.38 Å². The van der Waals surface area contributed by atoms with E-state index in [4.69, 9.17) is 5.73 Å². The van der Waals surface area contributed by atoms with Crippen molar-refractivity contribution in [3.05, 3.63) is 15.8 Å². The highest BCUT2D eigenvalue weighted by atomic mass is 32.1. The van der Waals surface area contributed by atoms with E-state index >= 15 is 0 Å². The molecule has 0 bridgehead atoms. The maximum Gasteiger partial charge on any atom is 0.0459 e. The fourth-order valence-electron chi connectivity index (χ4n) is 2.12. The van der Waals surface area contributed by atoms with Crippen LogP contribution >= 0.6 is 11.3 Å². The van der Waals surface area contributed by atoms with Crippen LogP contribution in [0.2, 0.25) is 0 Å². The van der Waals surface area contributed by atoms with Gasteiger partial charge in [-0.25, -0.2) is 0 Å². The second kappa shape index (κ2) is 2.72. The summed E-state index contributed by atoms with van der Waals surface area (Å²) >= 11 is 1.83. The zero-order valence-corrected chi connectivity index (χ0v) is 8.44. The summed E-state index contributed by atoms with van der Waals surface area (Å²) in [5.74, 6) is 0. The molecular formula is C10H14N2S. The molecule has 13 heavy (non-hydrogen) atoms. The van der Waals surface area contributed by atoms with Gasteiger partial charge in [0.15, 0.2) is 0 Å². The first-order valence-electron chi connectivity index (χ1n) is 4.93. The molecule has 2 heterocycles. The molecule has 0 aromatic carbocycles. The SMILES string of the molecule is Nc1csc2c1CCN(C1CC1)C2. The summed E-state index contributed by atoms with van der Waals surface area (Å²) in [7, 11) is 0. The number of hydrogen-bond donors (Lipinski definition) is 1. The molecule has 1 aliphatic carbocycles. The molecule has 0 amide bonds. The van der Waals surface area contributed by atoms with Crippen molar-refractivity contribution < 1.29 is 0 Å². The van der Waals surface area contributed by atoms with Gasteiger partial charge >= 0.3 is 0 Å². The summed E-state index contributed by atoms with van der Waals surface area (Å²) in [6, 6.07) is 0.900. The van der Waals surface area contributed by atoms with Crippen molar-refractivity contribution in [2.75, 3.05) is 12.3 Å². The van der Waals surface area contributed by atoms with Crippen LogP contribution in [0.3, 0.4) is 0 Å². The second-order valence-electron chi connectivity index (χ2n) is 4.04. The molecule has 3 rings (SSSR count). The van der Waals surface area contributed by atoms with Gasteiger partial charge in [-0.05, 0) is 24.8 Å². The van der Waals surface area contributed by atoms with E-state index in [1.165, 1.54) is 36.2 Å². The van der Waals surface area contributed by atoms with Crippen LogP contribution in [0.25, 0.3) is 0 Å². The number of hydrogen-bond acceptors (Lipinski definition) is 3. The van der Waals surface area contributed by atoms with Crippen LogP contribution in [0.4, 0.5) is 5.69 Å². The third-order valence-electron chi connectivity index (χ3n) is 3.07. The third-order valence-corrected chi connectivity index (χ3v) is 4.10. The van der Waals surface area contributed by atoms with Gasteiger partial charge in [0, 0.05) is 35.1 Å². The number of nitrogens with zero attached hydrogens (tertiary/aromatic N) is 1. The lowest BCUT2D eigenvalue weighted by molar-refractivity contribution is 0.247. The van der Waals surface area contributed by atoms with Gasteiger partial charge in [-0.3, -0.25) is 4.90 Å². The van der Waals surface area contributed by atoms with Gasteiger partial charge in [-0.2, -0.15) is 0 Å². The van der Waals surface area contributed by atoms with Crippen LogP contribution in [0.5, 0.6) is 0 Å². The minimum atomic E-state index is 0.900. The summed E-state index contributed by atoms with van der Waals surface area (Å²) in [5.41, 5.74) is 8.35. The molecule has 0 atom stereocenters. The minimum Gasteiger partial charge on any atom is -0.398 e. The molecule has 2 aliphatic rings. The number of fused-ring (bicyclic) bond motifs is 1. The zero-order valence-electron chi connectivity index (χ0n) is 7.62. The Kier molecular flexibility index (Phi) is 1.64. The quantitative estimate of drug-likeness (QED) is 0.739. The maximum absolute atomic E-state index is 5.89. The molecule has 0 unspecified atom stereocenters. The van der Waals surface area contributed by atoms with Crippen LogP contribution in [-0.2, 0) is 13.0 Å². The van der Waals surface area contributed by atoms with Gasteiger partial charge in [0.2, 0.25) is 0 Å². The van der Waals surface area contributed by atoms with Crippen molar-refractivity contribution in [3.63, 3.8) is 0 Å². The Hall–Kier alpha value is -0.540. The first-order chi connectivity index (χ1) is 6.34. The average Bonchev–Trinajstić information content (AvgIpc) is 2.93. The normalized spacial score (nSPS) is 23.1. The van der Waals surface area contributed by atoms with Gasteiger partial charge < -0.3 is 5.73 Å². The number of thiophene rings is 1. The molecule has 1 fully saturated rings. The Balaban J connectivity index is 1.86. The van der Waals surface area contributed by atoms with Crippen molar-refractivity contribution in [3.8, 4) is 0 Å². The standard InChI is InChI=1S/C10H14N2S/c11-9-6-13-10-5-12(7-1-2-7)4-3-8(9)10/h6-7H,1-5,11H2. The van der Waals surface area contributed by atoms with Crippen molar-refractivity contribution >= 4 is 17.0 Å². The number of rotatable bonds is 1. The summed E-state index contributed by atoms with van der Waals surface area (Å²) in [4.78, 5) is 4.12. The van der Waals surface area contributed by atoms with Gasteiger partial charge in [0.1, 0.15) is 0 Å². The maximum atomic E-state index is 5.89. The Morgan fingerprint density at radius 3 is 3.08 bits per heavy atom. The smallest absolute Gasteiger partial charge is 0.0459 e. The number of nitrogen functional groups attached to an aromatic ring is 1. The van der Waals surface area contributed by atoms with Crippen LogP contribution in [0, 0.1) is 0 Å². The fraction of sp³-hybridized carbons (Fsp3) is 0.600. The first kappa shape index (κ1) is 7.83. The highest BCUT2D eigenvalue weighted by Crippen LogP contribution is 2.35. The van der Waals surface area contributed by atoms with E-state index < -0.39 is 0 Å². The molecule has 1 aromatic heterocycles. The van der Waals surface area contributed by atoms with E-state index in [-0.39, 0.29) is 0 Å². The largest absolute Gasteiger partial charge is 0.398 e. The van der Waals surface area contributed by atoms with Crippen LogP contribution in [-0.4, -0.2) is 17.5 Å². The van der Waals surface area contributed by atoms with Crippen LogP contribution in [0.1, 0.15) is 23.3 Å². The summed E-state index contributed by atoms with van der Waals surface area (Å²) in [6.07, 6.45) is 3.99. The molecule has 0 saturated heterocycles. The first-order valence-corrected chi connectivity index (χ1v) is 5.81. The van der Waals surface area contributed by atoms with E-state index in [1.54, 1.807) is 0 Å². The Morgan fingerprint density at radius 1 is 1.46 bits per heavy atom. The Bertz CT molecular complexity index is 328. The van der Waals surface area contributed by atoms with E-state index in [0.29, 0.717) is 0 Å². The minimum absolute atomic E-state index is 0.900. The molecule has 2 N–H and O–H groups in total. The number of nitrogens with two attached hydrogens (primary N) is 1. The molecule has 3 heteroatoms. The van der Waals surface area contributed by atoms with E-state index in [9.17, 15) is 0 Å². The van der Waals surface area contributed by atoms with Crippen molar-refractivity contribution in [2.45, 2.75) is 31.8 Å². The molecule has 1 saturated carbocycles. The van der Waals surface area contributed by atoms with E-state index in [1.807, 2.05) is 11.3 Å². The lowest BCUT2D eigenvalue weighted by atomic mass is 10.1. The summed E-state index contributed by atoms with van der Waals surface area (Å²) in [5, 5.41) is 2.10. The van der Waals surface area contributed by atoms with Gasteiger partial charge in [-0.1, -0.05) is 0 Å². The van der Waals surface area contributed by atoms with Crippen molar-refractivity contribution in [1.82, 2.24) is 4.90 Å². The number of anilines is 1. The van der Waals surface area contributed by atoms with E-state index in [0.717, 1.165) is 18.3 Å². The summed E-state index contributed by atoms with van der Waals surface area (Å²) < 4.78 is 0. The molecule has 0 spiro atoms. The molecule has 70 valence electrons. The third kappa shape index (κ3) is 1.27. The highest BCUT2D eigenvalue weighted by molar-refractivity contribution is 7.10. The average molecular weight is 194 g/mol. The Morgan fingerprint density at radius 2 is 2.31 bits per heavy atom. The highest BCUT2D eigenvalue weighted by Gasteiger charge is 2.32. The van der Waals surface area contributed by atoms with Gasteiger partial charge in [0.05, 0.1) is 0 Å². The second-order valence-corrected chi connectivity index (χ2v) is 5.01.